The molecule has 2 aliphatic rings. The average Bonchev–Trinajstić information content (AvgIpc) is 2.69. The van der Waals surface area contributed by atoms with Gasteiger partial charge in [0.05, 0.1) is 13.2 Å². The maximum atomic E-state index is 12.4. The van der Waals surface area contributed by atoms with Crippen LogP contribution < -0.4 is 5.32 Å². The number of fused-ring (bicyclic) bond motifs is 1. The van der Waals surface area contributed by atoms with Crippen LogP contribution in [-0.2, 0) is 18.0 Å². The molecule has 1 saturated heterocycles. The Morgan fingerprint density at radius 1 is 1.16 bits per heavy atom. The Hall–Kier alpha value is -1.10. The van der Waals surface area contributed by atoms with E-state index in [9.17, 15) is 4.79 Å². The zero-order valence-corrected chi connectivity index (χ0v) is 11.7. The third-order valence-corrected chi connectivity index (χ3v) is 3.60. The predicted octanol–water partition coefficient (Wildman–Crippen LogP) is 1.57. The summed E-state index contributed by atoms with van der Waals surface area (Å²) in [6.07, 6.45) is 1.03. The summed E-state index contributed by atoms with van der Waals surface area (Å²) in [6, 6.07) is 5.93. The van der Waals surface area contributed by atoms with Crippen LogP contribution in [0.1, 0.15) is 27.9 Å². The number of nitrogens with zero attached hydrogens (tertiary/aromatic N) is 1. The van der Waals surface area contributed by atoms with Gasteiger partial charge in [-0.1, -0.05) is 6.07 Å². The Bertz CT molecular complexity index is 457. The van der Waals surface area contributed by atoms with Crippen molar-refractivity contribution in [2.24, 2.45) is 0 Å². The summed E-state index contributed by atoms with van der Waals surface area (Å²) in [5.74, 6) is 0.147. The van der Waals surface area contributed by atoms with E-state index in [1.807, 2.05) is 23.1 Å². The molecule has 19 heavy (non-hydrogen) atoms. The third kappa shape index (κ3) is 3.08. The molecule has 1 amide bonds. The lowest BCUT2D eigenvalue weighted by Gasteiger charge is -2.20. The molecule has 0 spiro atoms. The molecule has 2 heterocycles. The zero-order valence-electron chi connectivity index (χ0n) is 10.9. The molecule has 3 rings (SSSR count). The molecule has 1 aromatic rings. The molecule has 1 aromatic carbocycles. The van der Waals surface area contributed by atoms with Crippen LogP contribution in [-0.4, -0.2) is 37.0 Å². The van der Waals surface area contributed by atoms with Crippen LogP contribution >= 0.6 is 12.4 Å². The van der Waals surface area contributed by atoms with Gasteiger partial charge in [0.1, 0.15) is 0 Å². The Morgan fingerprint density at radius 2 is 2.00 bits per heavy atom. The molecule has 0 saturated carbocycles. The number of carbonyl (C=O) groups is 1. The van der Waals surface area contributed by atoms with Crippen LogP contribution in [0.3, 0.4) is 0 Å². The fourth-order valence-corrected chi connectivity index (χ4v) is 2.54. The molecule has 0 bridgehead atoms. The summed E-state index contributed by atoms with van der Waals surface area (Å²) >= 11 is 0. The minimum Gasteiger partial charge on any atom is -0.372 e. The summed E-state index contributed by atoms with van der Waals surface area (Å²) < 4.78 is 5.38. The number of ether oxygens (including phenoxy) is 1. The quantitative estimate of drug-likeness (QED) is 0.850. The van der Waals surface area contributed by atoms with Crippen LogP contribution in [0.25, 0.3) is 0 Å². The third-order valence-electron chi connectivity index (χ3n) is 3.60. The van der Waals surface area contributed by atoms with E-state index in [4.69, 9.17) is 4.74 Å². The number of rotatable bonds is 1. The molecule has 5 heteroatoms. The molecule has 104 valence electrons. The van der Waals surface area contributed by atoms with E-state index < -0.39 is 0 Å². The molecule has 1 fully saturated rings. The number of halogens is 1. The molecule has 1 N–H and O–H groups in total. The van der Waals surface area contributed by atoms with Crippen molar-refractivity contribution in [3.05, 3.63) is 34.9 Å². The standard InChI is InChI=1S/C14H18N2O2.ClH/c17-14(16-6-1-4-15-5-7-16)11-2-3-12-9-18-10-13(12)8-11;/h2-3,8,15H,1,4-7,9-10H2;1H. The summed E-state index contributed by atoms with van der Waals surface area (Å²) in [5, 5.41) is 3.31. The van der Waals surface area contributed by atoms with Crippen molar-refractivity contribution in [3.63, 3.8) is 0 Å². The first-order chi connectivity index (χ1) is 8.84. The monoisotopic (exact) mass is 282 g/mol. The van der Waals surface area contributed by atoms with Gasteiger partial charge in [-0.15, -0.1) is 12.4 Å². The topological polar surface area (TPSA) is 41.6 Å². The summed E-state index contributed by atoms with van der Waals surface area (Å²) in [5.41, 5.74) is 3.17. The van der Waals surface area contributed by atoms with Gasteiger partial charge in [-0.2, -0.15) is 0 Å². The Kier molecular flexibility index (Phi) is 4.80. The van der Waals surface area contributed by atoms with E-state index in [2.05, 4.69) is 5.32 Å². The first-order valence-corrected chi connectivity index (χ1v) is 6.54. The Balaban J connectivity index is 0.00000133. The summed E-state index contributed by atoms with van der Waals surface area (Å²) in [7, 11) is 0. The van der Waals surface area contributed by atoms with Gasteiger partial charge in [-0.3, -0.25) is 4.79 Å². The lowest BCUT2D eigenvalue weighted by molar-refractivity contribution is 0.0766. The minimum atomic E-state index is 0. The number of benzene rings is 1. The van der Waals surface area contributed by atoms with E-state index in [0.717, 1.165) is 43.7 Å². The largest absolute Gasteiger partial charge is 0.372 e. The maximum absolute atomic E-state index is 12.4. The summed E-state index contributed by atoms with van der Waals surface area (Å²) in [6.45, 7) is 4.85. The van der Waals surface area contributed by atoms with Crippen molar-refractivity contribution in [2.75, 3.05) is 26.2 Å². The number of amides is 1. The van der Waals surface area contributed by atoms with Crippen molar-refractivity contribution in [2.45, 2.75) is 19.6 Å². The minimum absolute atomic E-state index is 0. The van der Waals surface area contributed by atoms with Gasteiger partial charge in [-0.05, 0) is 36.2 Å². The van der Waals surface area contributed by atoms with Gasteiger partial charge in [0, 0.05) is 25.2 Å². The first kappa shape index (κ1) is 14.3. The van der Waals surface area contributed by atoms with Crippen LogP contribution in [0.5, 0.6) is 0 Å². The smallest absolute Gasteiger partial charge is 0.253 e. The van der Waals surface area contributed by atoms with Crippen molar-refractivity contribution < 1.29 is 9.53 Å². The van der Waals surface area contributed by atoms with Gasteiger partial charge in [-0.25, -0.2) is 0 Å². The van der Waals surface area contributed by atoms with Gasteiger partial charge in [0.2, 0.25) is 0 Å². The van der Waals surface area contributed by atoms with Crippen LogP contribution in [0.15, 0.2) is 18.2 Å². The van der Waals surface area contributed by atoms with Gasteiger partial charge >= 0.3 is 0 Å². The molecule has 0 unspecified atom stereocenters. The SMILES string of the molecule is Cl.O=C(c1ccc2c(c1)COC2)N1CCCNCC1. The van der Waals surface area contributed by atoms with Crippen LogP contribution in [0.2, 0.25) is 0 Å². The molecule has 0 atom stereocenters. The molecule has 0 aliphatic carbocycles. The Labute approximate surface area is 119 Å². The van der Waals surface area contributed by atoms with Crippen molar-refractivity contribution >= 4 is 18.3 Å². The Morgan fingerprint density at radius 3 is 2.89 bits per heavy atom. The van der Waals surface area contributed by atoms with Gasteiger partial charge in [0.25, 0.3) is 5.91 Å². The van der Waals surface area contributed by atoms with Crippen molar-refractivity contribution in [1.82, 2.24) is 10.2 Å². The highest BCUT2D eigenvalue weighted by molar-refractivity contribution is 5.94. The fraction of sp³-hybridized carbons (Fsp3) is 0.500. The maximum Gasteiger partial charge on any atom is 0.253 e. The normalized spacial score (nSPS) is 18.4. The van der Waals surface area contributed by atoms with Crippen LogP contribution in [0.4, 0.5) is 0 Å². The second kappa shape index (κ2) is 6.37. The molecule has 0 aromatic heterocycles. The van der Waals surface area contributed by atoms with E-state index in [1.165, 1.54) is 5.56 Å². The highest BCUT2D eigenvalue weighted by atomic mass is 35.5. The molecule has 4 nitrogen and oxygen atoms in total. The van der Waals surface area contributed by atoms with Gasteiger partial charge in [0.15, 0.2) is 0 Å². The number of carbonyl (C=O) groups excluding carboxylic acids is 1. The van der Waals surface area contributed by atoms with Gasteiger partial charge < -0.3 is 15.0 Å². The predicted molar refractivity (Wildman–Crippen MR) is 75.6 cm³/mol. The lowest BCUT2D eigenvalue weighted by Crippen LogP contribution is -2.34. The van der Waals surface area contributed by atoms with E-state index in [0.29, 0.717) is 13.2 Å². The fourth-order valence-electron chi connectivity index (χ4n) is 2.54. The molecule has 2 aliphatic heterocycles. The van der Waals surface area contributed by atoms with E-state index in [-0.39, 0.29) is 18.3 Å². The second-order valence-corrected chi connectivity index (χ2v) is 4.87. The van der Waals surface area contributed by atoms with Crippen molar-refractivity contribution in [1.29, 1.82) is 0 Å². The second-order valence-electron chi connectivity index (χ2n) is 4.87. The number of hydrogen-bond donors (Lipinski definition) is 1. The van der Waals surface area contributed by atoms with E-state index >= 15 is 0 Å². The van der Waals surface area contributed by atoms with E-state index in [1.54, 1.807) is 0 Å². The highest BCUT2D eigenvalue weighted by Gasteiger charge is 2.19. The highest BCUT2D eigenvalue weighted by Crippen LogP contribution is 2.21. The first-order valence-electron chi connectivity index (χ1n) is 6.54. The number of nitrogens with one attached hydrogen (secondary N) is 1. The van der Waals surface area contributed by atoms with Crippen LogP contribution in [0, 0.1) is 0 Å². The zero-order chi connectivity index (χ0) is 12.4. The number of hydrogen-bond acceptors (Lipinski definition) is 3. The molecule has 0 radical (unpaired) electrons. The molecular formula is C14H19ClN2O2. The van der Waals surface area contributed by atoms with Crippen molar-refractivity contribution in [3.8, 4) is 0 Å². The average molecular weight is 283 g/mol. The lowest BCUT2D eigenvalue weighted by atomic mass is 10.1. The summed E-state index contributed by atoms with van der Waals surface area (Å²) in [4.78, 5) is 14.4. The molecular weight excluding hydrogens is 264 g/mol.